The molecule has 4 heavy (non-hydrogen) atoms. The Morgan fingerprint density at radius 1 is 1.75 bits per heavy atom. The van der Waals surface area contributed by atoms with Crippen molar-refractivity contribution < 1.29 is 0 Å². The molecule has 0 aromatic carbocycles. The highest BCUT2D eigenvalue weighted by Gasteiger charge is 1.32. The zero-order valence-corrected chi connectivity index (χ0v) is 4.41. The molecule has 22 valence electrons. The Balaban J connectivity index is 0. The molecule has 0 saturated carbocycles. The molecule has 2 heteroatoms. The van der Waals surface area contributed by atoms with Crippen molar-refractivity contribution in [2.45, 2.75) is 6.92 Å². The first-order chi connectivity index (χ1) is 1.41. The highest BCUT2D eigenvalue weighted by molar-refractivity contribution is 5.75. The lowest BCUT2D eigenvalue weighted by Gasteiger charge is -1.53. The molecule has 0 unspecified atom stereocenters. The second-order valence-corrected chi connectivity index (χ2v) is 0.408. The Morgan fingerprint density at radius 3 is 1.75 bits per heavy atom. The van der Waals surface area contributed by atoms with Crippen LogP contribution in [0.25, 0.3) is 0 Å². The summed E-state index contributed by atoms with van der Waals surface area (Å²) < 4.78 is 0. The maximum absolute atomic E-state index is 4.85. The molecule has 2 radical (unpaired) electrons. The van der Waals surface area contributed by atoms with Crippen molar-refractivity contribution in [3.05, 3.63) is 0 Å². The summed E-state index contributed by atoms with van der Waals surface area (Å²) >= 11 is 0. The fourth-order valence-corrected chi connectivity index (χ4v) is 0. The Morgan fingerprint density at radius 2 is 1.75 bits per heavy atom. The molecule has 0 aromatic rings. The van der Waals surface area contributed by atoms with E-state index in [1.165, 1.54) is 0 Å². The van der Waals surface area contributed by atoms with E-state index in [9.17, 15) is 0 Å². The predicted molar refractivity (Wildman–Crippen MR) is 20.5 cm³/mol. The first kappa shape index (κ1) is 8.83. The van der Waals surface area contributed by atoms with Gasteiger partial charge in [0.25, 0.3) is 0 Å². The molecule has 0 atom stereocenters. The highest BCUT2D eigenvalue weighted by Crippen LogP contribution is 1.20. The van der Waals surface area contributed by atoms with Crippen molar-refractivity contribution in [3.8, 4) is 0 Å². The van der Waals surface area contributed by atoms with E-state index in [-0.39, 0.29) is 23.1 Å². The van der Waals surface area contributed by atoms with Gasteiger partial charge in [-0.1, -0.05) is 6.92 Å². The lowest BCUT2D eigenvalue weighted by atomic mass is 10.8. The van der Waals surface area contributed by atoms with E-state index < -0.39 is 0 Å². The molecule has 0 bridgehead atoms. The smallest absolute Gasteiger partial charge is 0 e. The lowest BCUT2D eigenvalue weighted by Crippen LogP contribution is -1.87. The number of hydrogen-bond acceptors (Lipinski definition) is 1. The molecule has 0 spiro atoms. The van der Waals surface area contributed by atoms with Crippen LogP contribution in [0.15, 0.2) is 0 Å². The predicted octanol–water partition coefficient (Wildman–Crippen LogP) is -0.416. The molecule has 0 heterocycles. The molecule has 0 aliphatic heterocycles. The Kier molecular flexibility index (Phi) is 20.5. The van der Waals surface area contributed by atoms with Gasteiger partial charge < -0.3 is 5.73 Å². The van der Waals surface area contributed by atoms with Crippen LogP contribution in [-0.2, 0) is 0 Å². The summed E-state index contributed by atoms with van der Waals surface area (Å²) in [6.45, 7) is 2.65. The van der Waals surface area contributed by atoms with Crippen LogP contribution in [0, 0.1) is 0 Å². The molecule has 1 nitrogen and oxygen atoms in total. The molecule has 2 N–H and O–H groups in total. The van der Waals surface area contributed by atoms with Gasteiger partial charge in [-0.15, -0.1) is 0 Å². The van der Waals surface area contributed by atoms with E-state index in [2.05, 4.69) is 0 Å². The van der Waals surface area contributed by atoms with Crippen LogP contribution in [0.1, 0.15) is 6.92 Å². The van der Waals surface area contributed by atoms with Crippen LogP contribution in [0.4, 0.5) is 0 Å². The number of rotatable bonds is 0. The first-order valence-electron chi connectivity index (χ1n) is 1.12. The molecular weight excluding hydrogens is 62.3 g/mol. The Labute approximate surface area is 42.7 Å². The molecule has 0 rings (SSSR count). The molecule has 0 aliphatic rings. The second kappa shape index (κ2) is 9.29. The standard InChI is InChI=1S/C2H7N.Mg/c1-2-3;/h2-3H2,1H3;. The average Bonchev–Trinajstić information content (AvgIpc) is 0.918. The number of nitrogens with two attached hydrogens (primary N) is 1. The van der Waals surface area contributed by atoms with Crippen molar-refractivity contribution >= 4 is 23.1 Å². The van der Waals surface area contributed by atoms with E-state index in [1.54, 1.807) is 0 Å². The summed E-state index contributed by atoms with van der Waals surface area (Å²) in [7, 11) is 0. The van der Waals surface area contributed by atoms with E-state index in [0.717, 1.165) is 6.54 Å². The average molecular weight is 69.4 g/mol. The Hall–Kier alpha value is 0.726. The van der Waals surface area contributed by atoms with Crippen LogP contribution >= 0.6 is 0 Å². The van der Waals surface area contributed by atoms with E-state index in [0.29, 0.717) is 0 Å². The molecule has 0 saturated heterocycles. The minimum absolute atomic E-state index is 0. The van der Waals surface area contributed by atoms with Crippen LogP contribution in [0.5, 0.6) is 0 Å². The van der Waals surface area contributed by atoms with Crippen LogP contribution in [-0.4, -0.2) is 29.6 Å². The van der Waals surface area contributed by atoms with Crippen LogP contribution in [0.2, 0.25) is 0 Å². The Bertz CT molecular complexity index is 6.00. The molecule has 0 fully saturated rings. The monoisotopic (exact) mass is 69.0 g/mol. The summed E-state index contributed by atoms with van der Waals surface area (Å²) in [6.07, 6.45) is 0. The van der Waals surface area contributed by atoms with Crippen molar-refractivity contribution in [2.75, 3.05) is 6.54 Å². The summed E-state index contributed by atoms with van der Waals surface area (Å²) in [4.78, 5) is 0. The van der Waals surface area contributed by atoms with E-state index in [1.807, 2.05) is 6.92 Å². The highest BCUT2D eigenvalue weighted by atomic mass is 24.3. The van der Waals surface area contributed by atoms with Crippen molar-refractivity contribution in [3.63, 3.8) is 0 Å². The SMILES string of the molecule is CCN.[Mg]. The third-order valence-corrected chi connectivity index (χ3v) is 0. The maximum atomic E-state index is 4.85. The lowest BCUT2D eigenvalue weighted by molar-refractivity contribution is 1.14. The topological polar surface area (TPSA) is 26.0 Å². The van der Waals surface area contributed by atoms with Gasteiger partial charge in [0.15, 0.2) is 0 Å². The molecule has 0 aliphatic carbocycles. The van der Waals surface area contributed by atoms with Crippen LogP contribution in [0.3, 0.4) is 0 Å². The molecule has 0 aromatic heterocycles. The third-order valence-electron chi connectivity index (χ3n) is 0. The van der Waals surface area contributed by atoms with Crippen LogP contribution < -0.4 is 5.73 Å². The minimum atomic E-state index is 0. The largest absolute Gasteiger partial charge is 0.331 e. The quantitative estimate of drug-likeness (QED) is 0.384. The van der Waals surface area contributed by atoms with Gasteiger partial charge in [0.1, 0.15) is 0 Å². The molecule has 0 amide bonds. The van der Waals surface area contributed by atoms with Gasteiger partial charge in [0.2, 0.25) is 0 Å². The van der Waals surface area contributed by atoms with E-state index in [4.69, 9.17) is 5.73 Å². The van der Waals surface area contributed by atoms with Gasteiger partial charge in [0.05, 0.1) is 0 Å². The van der Waals surface area contributed by atoms with Gasteiger partial charge in [-0.2, -0.15) is 0 Å². The van der Waals surface area contributed by atoms with Gasteiger partial charge >= 0.3 is 0 Å². The third kappa shape index (κ3) is 15.4. The minimum Gasteiger partial charge on any atom is -0.331 e. The number of hydrogen-bond donors (Lipinski definition) is 1. The van der Waals surface area contributed by atoms with Crippen molar-refractivity contribution in [2.24, 2.45) is 5.73 Å². The van der Waals surface area contributed by atoms with Gasteiger partial charge in [-0.25, -0.2) is 0 Å². The first-order valence-corrected chi connectivity index (χ1v) is 1.12. The van der Waals surface area contributed by atoms with Crippen molar-refractivity contribution in [1.82, 2.24) is 0 Å². The summed E-state index contributed by atoms with van der Waals surface area (Å²) in [5.74, 6) is 0. The van der Waals surface area contributed by atoms with Crippen molar-refractivity contribution in [1.29, 1.82) is 0 Å². The fourth-order valence-electron chi connectivity index (χ4n) is 0. The summed E-state index contributed by atoms with van der Waals surface area (Å²) in [6, 6.07) is 0. The van der Waals surface area contributed by atoms with Gasteiger partial charge in [0, 0.05) is 23.1 Å². The normalized spacial score (nSPS) is 4.50. The maximum Gasteiger partial charge on any atom is 0 e. The van der Waals surface area contributed by atoms with Gasteiger partial charge in [-0.05, 0) is 6.54 Å². The summed E-state index contributed by atoms with van der Waals surface area (Å²) in [5, 5.41) is 0. The zero-order chi connectivity index (χ0) is 2.71. The second-order valence-electron chi connectivity index (χ2n) is 0.408. The van der Waals surface area contributed by atoms with E-state index >= 15 is 0 Å². The summed E-state index contributed by atoms with van der Waals surface area (Å²) in [5.41, 5.74) is 4.85. The zero-order valence-electron chi connectivity index (χ0n) is 2.99. The fraction of sp³-hybridized carbons (Fsp3) is 1.00. The molecular formula is C2H7MgN. The van der Waals surface area contributed by atoms with Gasteiger partial charge in [-0.3, -0.25) is 0 Å².